The Balaban J connectivity index is 2.06. The molecule has 188 valence electrons. The van der Waals surface area contributed by atoms with E-state index >= 15 is 4.39 Å². The van der Waals surface area contributed by atoms with Gasteiger partial charge in [0.25, 0.3) is 0 Å². The predicted octanol–water partition coefficient (Wildman–Crippen LogP) is 3.31. The molecule has 11 nitrogen and oxygen atoms in total. The van der Waals surface area contributed by atoms with Gasteiger partial charge in [-0.1, -0.05) is 0 Å². The van der Waals surface area contributed by atoms with E-state index in [0.717, 1.165) is 18.4 Å². The van der Waals surface area contributed by atoms with Crippen LogP contribution in [0.1, 0.15) is 26.8 Å². The molecule has 3 aromatic rings. The van der Waals surface area contributed by atoms with Gasteiger partial charge in [-0.2, -0.15) is 5.10 Å². The lowest BCUT2D eigenvalue weighted by atomic mass is 10.0. The number of benzene rings is 1. The number of sulfonamides is 1. The van der Waals surface area contributed by atoms with Gasteiger partial charge >= 0.3 is 6.09 Å². The van der Waals surface area contributed by atoms with Gasteiger partial charge in [-0.15, -0.1) is 0 Å². The van der Waals surface area contributed by atoms with Crippen molar-refractivity contribution in [2.24, 2.45) is 0 Å². The molecule has 35 heavy (non-hydrogen) atoms. The van der Waals surface area contributed by atoms with E-state index in [2.05, 4.69) is 25.7 Å². The molecular weight excluding hydrogens is 484 g/mol. The van der Waals surface area contributed by atoms with Crippen LogP contribution in [0.25, 0.3) is 22.5 Å². The second-order valence-corrected chi connectivity index (χ2v) is 9.90. The van der Waals surface area contributed by atoms with Gasteiger partial charge in [0.05, 0.1) is 17.6 Å². The van der Waals surface area contributed by atoms with Crippen molar-refractivity contribution in [3.05, 3.63) is 42.2 Å². The van der Waals surface area contributed by atoms with Crippen molar-refractivity contribution in [3.8, 4) is 22.5 Å². The van der Waals surface area contributed by atoms with Crippen LogP contribution in [0, 0.1) is 11.6 Å². The van der Waals surface area contributed by atoms with Gasteiger partial charge in [0.1, 0.15) is 11.5 Å². The molecule has 14 heteroatoms. The summed E-state index contributed by atoms with van der Waals surface area (Å²) in [6.07, 6.45) is 2.74. The minimum absolute atomic E-state index is 0.0535. The molecule has 0 saturated carbocycles. The van der Waals surface area contributed by atoms with Crippen molar-refractivity contribution in [1.29, 1.82) is 0 Å². The van der Waals surface area contributed by atoms with Gasteiger partial charge < -0.3 is 15.7 Å². The topological polar surface area (TPSA) is 151 Å². The van der Waals surface area contributed by atoms with Crippen LogP contribution < -0.4 is 15.4 Å². The summed E-state index contributed by atoms with van der Waals surface area (Å²) in [5, 5.41) is 18.4. The van der Waals surface area contributed by atoms with Crippen LogP contribution in [0.5, 0.6) is 0 Å². The molecule has 0 radical (unpaired) electrons. The first-order valence-electron chi connectivity index (χ1n) is 10.5. The van der Waals surface area contributed by atoms with Crippen LogP contribution in [0.3, 0.4) is 0 Å². The van der Waals surface area contributed by atoms with Crippen LogP contribution in [-0.2, 0) is 10.0 Å². The molecule has 0 unspecified atom stereocenters. The monoisotopic (exact) mass is 509 g/mol. The molecule has 1 amide bonds. The summed E-state index contributed by atoms with van der Waals surface area (Å²) < 4.78 is 56.5. The minimum atomic E-state index is -3.87. The average Bonchev–Trinajstić information content (AvgIpc) is 3.19. The number of anilines is 2. The highest BCUT2D eigenvalue weighted by atomic mass is 32.2. The number of nitrogens with zero attached hydrogens (tertiary/aromatic N) is 4. The highest BCUT2D eigenvalue weighted by molar-refractivity contribution is 7.92. The zero-order valence-electron chi connectivity index (χ0n) is 19.4. The fraction of sp³-hybridized carbons (Fsp3) is 0.333. The molecular formula is C21H25F2N7O4S. The van der Waals surface area contributed by atoms with E-state index in [0.29, 0.717) is 11.3 Å². The number of aromatic nitrogens is 4. The summed E-state index contributed by atoms with van der Waals surface area (Å²) in [6.45, 7) is 5.56. The van der Waals surface area contributed by atoms with Crippen LogP contribution in [0.4, 0.5) is 25.2 Å². The van der Waals surface area contributed by atoms with Gasteiger partial charge in [0.2, 0.25) is 16.0 Å². The fourth-order valence-electron chi connectivity index (χ4n) is 3.18. The lowest BCUT2D eigenvalue weighted by Crippen LogP contribution is -2.36. The Morgan fingerprint density at radius 2 is 1.91 bits per heavy atom. The second-order valence-electron chi connectivity index (χ2n) is 8.15. The molecule has 3 rings (SSSR count). The Hall–Kier alpha value is -3.81. The van der Waals surface area contributed by atoms with Crippen molar-refractivity contribution in [3.63, 3.8) is 0 Å². The number of rotatable bonds is 9. The number of carboxylic acid groups (broad SMARTS) is 1. The summed E-state index contributed by atoms with van der Waals surface area (Å²) in [4.78, 5) is 19.3. The lowest BCUT2D eigenvalue weighted by molar-refractivity contribution is 0.191. The normalized spacial score (nSPS) is 12.4. The number of amides is 1. The quantitative estimate of drug-likeness (QED) is 0.343. The largest absolute Gasteiger partial charge is 0.465 e. The number of halogens is 2. The summed E-state index contributed by atoms with van der Waals surface area (Å²) in [5.41, 5.74) is -0.0477. The highest BCUT2D eigenvalue weighted by Crippen LogP contribution is 2.36. The maximum atomic E-state index is 15.3. The highest BCUT2D eigenvalue weighted by Gasteiger charge is 2.23. The standard InChI is InChI=1S/C21H25F2N7O4S/c1-11(2)30-10-15(16-5-6-24-20(27-16)25-9-12(3)26-21(31)32)19(28-30)14-7-13(22)8-17(18(14)23)29-35(4,33)34/h5-8,10-12,26,29H,9H2,1-4H3,(H,31,32)(H,24,25,27)/t12-/m0/s1. The van der Waals surface area contributed by atoms with Crippen molar-refractivity contribution < 1.29 is 27.1 Å². The number of hydrogen-bond acceptors (Lipinski definition) is 7. The summed E-state index contributed by atoms with van der Waals surface area (Å²) in [5.74, 6) is -1.67. The molecule has 0 fully saturated rings. The summed E-state index contributed by atoms with van der Waals surface area (Å²) in [6, 6.07) is 2.68. The predicted molar refractivity (Wildman–Crippen MR) is 127 cm³/mol. The van der Waals surface area contributed by atoms with Crippen LogP contribution in [-0.4, -0.2) is 58.2 Å². The van der Waals surface area contributed by atoms with E-state index in [1.807, 2.05) is 18.6 Å². The van der Waals surface area contributed by atoms with Gasteiger partial charge in [0, 0.05) is 48.2 Å². The first-order valence-corrected chi connectivity index (χ1v) is 12.4. The maximum Gasteiger partial charge on any atom is 0.404 e. The third-order valence-electron chi connectivity index (χ3n) is 4.72. The minimum Gasteiger partial charge on any atom is -0.465 e. The zero-order valence-corrected chi connectivity index (χ0v) is 20.2. The van der Waals surface area contributed by atoms with E-state index < -0.39 is 39.5 Å². The third kappa shape index (κ3) is 6.62. The molecule has 4 N–H and O–H groups in total. The number of nitrogens with one attached hydrogen (secondary N) is 3. The SMILES string of the molecule is CC(C)n1cc(-c2ccnc(NC[C@H](C)NC(=O)O)n2)c(-c2cc(F)cc(NS(C)(=O)=O)c2F)n1. The first-order chi connectivity index (χ1) is 16.3. The van der Waals surface area contributed by atoms with Crippen LogP contribution >= 0.6 is 0 Å². The molecule has 0 bridgehead atoms. The Kier molecular flexibility index (Phi) is 7.53. The molecule has 1 aromatic carbocycles. The van der Waals surface area contributed by atoms with Crippen molar-refractivity contribution >= 4 is 27.8 Å². The van der Waals surface area contributed by atoms with E-state index in [1.54, 1.807) is 23.9 Å². The molecule has 2 aromatic heterocycles. The van der Waals surface area contributed by atoms with Crippen LogP contribution in [0.2, 0.25) is 0 Å². The van der Waals surface area contributed by atoms with Gasteiger partial charge in [-0.05, 0) is 32.9 Å². The molecule has 0 aliphatic rings. The summed E-state index contributed by atoms with van der Waals surface area (Å²) in [7, 11) is -3.87. The number of carbonyl (C=O) groups is 1. The van der Waals surface area contributed by atoms with Gasteiger partial charge in [-0.3, -0.25) is 9.40 Å². The maximum absolute atomic E-state index is 15.3. The molecule has 0 aliphatic carbocycles. The van der Waals surface area contributed by atoms with E-state index in [4.69, 9.17) is 5.11 Å². The van der Waals surface area contributed by atoms with E-state index in [-0.39, 0.29) is 29.8 Å². The molecule has 2 heterocycles. The van der Waals surface area contributed by atoms with Gasteiger partial charge in [0.15, 0.2) is 5.82 Å². The molecule has 0 aliphatic heterocycles. The Morgan fingerprint density at radius 1 is 1.20 bits per heavy atom. The summed E-state index contributed by atoms with van der Waals surface area (Å²) >= 11 is 0. The Bertz CT molecular complexity index is 1350. The van der Waals surface area contributed by atoms with Crippen LogP contribution in [0.15, 0.2) is 30.6 Å². The van der Waals surface area contributed by atoms with Gasteiger partial charge in [-0.25, -0.2) is 32.0 Å². The average molecular weight is 510 g/mol. The third-order valence-corrected chi connectivity index (χ3v) is 5.31. The Morgan fingerprint density at radius 3 is 2.54 bits per heavy atom. The van der Waals surface area contributed by atoms with Crippen molar-refractivity contribution in [1.82, 2.24) is 25.1 Å². The van der Waals surface area contributed by atoms with Crippen molar-refractivity contribution in [2.75, 3.05) is 22.8 Å². The van der Waals surface area contributed by atoms with E-state index in [1.165, 1.54) is 6.20 Å². The Labute approximate surface area is 200 Å². The molecule has 0 spiro atoms. The first kappa shape index (κ1) is 25.8. The number of hydrogen-bond donors (Lipinski definition) is 4. The second kappa shape index (κ2) is 10.2. The van der Waals surface area contributed by atoms with Crippen molar-refractivity contribution in [2.45, 2.75) is 32.9 Å². The molecule has 1 atom stereocenters. The molecule has 0 saturated heterocycles. The lowest BCUT2D eigenvalue weighted by Gasteiger charge is -2.13. The zero-order chi connectivity index (χ0) is 25.9. The smallest absolute Gasteiger partial charge is 0.404 e. The fourth-order valence-corrected chi connectivity index (χ4v) is 3.73. The van der Waals surface area contributed by atoms with E-state index in [9.17, 15) is 17.6 Å².